The summed E-state index contributed by atoms with van der Waals surface area (Å²) in [6.07, 6.45) is 0. The van der Waals surface area contributed by atoms with Gasteiger partial charge in [0.1, 0.15) is 6.54 Å². The minimum absolute atomic E-state index is 0.0246. The summed E-state index contributed by atoms with van der Waals surface area (Å²) in [6, 6.07) is 3.92. The lowest BCUT2D eigenvalue weighted by molar-refractivity contribution is -0.146. The number of amides is 1. The number of thiophene rings is 1. The largest absolute Gasteiger partial charge is 0.468 e. The number of hydrogen-bond donors (Lipinski definition) is 0. The molecule has 0 fully saturated rings. The van der Waals surface area contributed by atoms with Crippen LogP contribution >= 0.6 is 23.1 Å². The van der Waals surface area contributed by atoms with Gasteiger partial charge in [-0.05, 0) is 18.4 Å². The first kappa shape index (κ1) is 14.1. The molecule has 4 nitrogen and oxygen atoms in total. The Morgan fingerprint density at radius 1 is 1.53 bits per heavy atom. The zero-order chi connectivity index (χ0) is 12.7. The van der Waals surface area contributed by atoms with E-state index in [9.17, 15) is 9.59 Å². The maximum atomic E-state index is 11.8. The molecule has 0 unspecified atom stereocenters. The number of hydrogen-bond acceptors (Lipinski definition) is 5. The Labute approximate surface area is 109 Å². The molecule has 6 heteroatoms. The number of methoxy groups -OCH3 is 1. The molecule has 0 aromatic carbocycles. The zero-order valence-corrected chi connectivity index (χ0v) is 11.5. The van der Waals surface area contributed by atoms with Crippen LogP contribution in [-0.4, -0.2) is 42.7 Å². The smallest absolute Gasteiger partial charge is 0.325 e. The first-order valence-corrected chi connectivity index (χ1v) is 7.04. The third-order valence-electron chi connectivity index (χ3n) is 2.12. The second kappa shape index (κ2) is 7.34. The van der Waals surface area contributed by atoms with Crippen molar-refractivity contribution in [3.63, 3.8) is 0 Å². The topological polar surface area (TPSA) is 46.6 Å². The molecular formula is C11H15NO3S2. The fourth-order valence-electron chi connectivity index (χ4n) is 1.17. The molecule has 0 saturated carbocycles. The van der Waals surface area contributed by atoms with Crippen LogP contribution in [0.25, 0.3) is 0 Å². The average Bonchev–Trinajstić information content (AvgIpc) is 2.85. The van der Waals surface area contributed by atoms with Crippen LogP contribution in [-0.2, 0) is 14.3 Å². The van der Waals surface area contributed by atoms with Crippen molar-refractivity contribution in [2.45, 2.75) is 11.1 Å². The molecule has 1 amide bonds. The van der Waals surface area contributed by atoms with Gasteiger partial charge in [-0.2, -0.15) is 0 Å². The summed E-state index contributed by atoms with van der Waals surface area (Å²) in [7, 11) is 1.32. The van der Waals surface area contributed by atoms with Crippen LogP contribution in [0, 0.1) is 0 Å². The highest BCUT2D eigenvalue weighted by Gasteiger charge is 2.15. The van der Waals surface area contributed by atoms with Crippen molar-refractivity contribution in [3.05, 3.63) is 17.5 Å². The first-order valence-electron chi connectivity index (χ1n) is 5.18. The summed E-state index contributed by atoms with van der Waals surface area (Å²) < 4.78 is 5.65. The van der Waals surface area contributed by atoms with Gasteiger partial charge in [-0.25, -0.2) is 0 Å². The average molecular weight is 273 g/mol. The van der Waals surface area contributed by atoms with Crippen LogP contribution in [0.4, 0.5) is 0 Å². The van der Waals surface area contributed by atoms with E-state index in [1.54, 1.807) is 11.3 Å². The monoisotopic (exact) mass is 273 g/mol. The van der Waals surface area contributed by atoms with Crippen molar-refractivity contribution in [2.75, 3.05) is 26.0 Å². The van der Waals surface area contributed by atoms with E-state index in [1.807, 2.05) is 24.4 Å². The molecule has 0 aliphatic rings. The van der Waals surface area contributed by atoms with Gasteiger partial charge in [0.2, 0.25) is 5.91 Å². The van der Waals surface area contributed by atoms with E-state index in [0.717, 1.165) is 4.21 Å². The standard InChI is InChI=1S/C11H15NO3S2/c1-3-12(7-10(14)15-2)9(13)8-17-11-5-4-6-16-11/h4-6H,3,7-8H2,1-2H3. The van der Waals surface area contributed by atoms with Gasteiger partial charge in [0.25, 0.3) is 0 Å². The fourth-order valence-corrected chi connectivity index (χ4v) is 2.85. The summed E-state index contributed by atoms with van der Waals surface area (Å²) >= 11 is 3.09. The van der Waals surface area contributed by atoms with Crippen LogP contribution < -0.4 is 0 Å². The molecule has 0 radical (unpaired) electrons. The van der Waals surface area contributed by atoms with Crippen LogP contribution in [0.3, 0.4) is 0 Å². The van der Waals surface area contributed by atoms with Gasteiger partial charge < -0.3 is 9.64 Å². The van der Waals surface area contributed by atoms with Crippen LogP contribution in [0.5, 0.6) is 0 Å². The normalized spacial score (nSPS) is 10.0. The highest BCUT2D eigenvalue weighted by atomic mass is 32.2. The number of esters is 1. The Morgan fingerprint density at radius 3 is 2.82 bits per heavy atom. The Hall–Kier alpha value is -1.01. The fraction of sp³-hybridized carbons (Fsp3) is 0.455. The third-order valence-corrected chi connectivity index (χ3v) is 4.23. The number of rotatable bonds is 6. The molecule has 0 spiro atoms. The molecule has 0 N–H and O–H groups in total. The molecule has 0 bridgehead atoms. The van der Waals surface area contributed by atoms with Crippen molar-refractivity contribution in [3.8, 4) is 0 Å². The highest BCUT2D eigenvalue weighted by molar-refractivity contribution is 8.01. The Kier molecular flexibility index (Phi) is 6.07. The van der Waals surface area contributed by atoms with Gasteiger partial charge in [0.05, 0.1) is 17.1 Å². The Morgan fingerprint density at radius 2 is 2.29 bits per heavy atom. The SMILES string of the molecule is CCN(CC(=O)OC)C(=O)CSc1cccs1. The van der Waals surface area contributed by atoms with Gasteiger partial charge in [0, 0.05) is 6.54 Å². The van der Waals surface area contributed by atoms with Crippen LogP contribution in [0.2, 0.25) is 0 Å². The predicted octanol–water partition coefficient (Wildman–Crippen LogP) is 1.86. The number of carbonyl (C=O) groups excluding carboxylic acids is 2. The lowest BCUT2D eigenvalue weighted by Gasteiger charge is -2.18. The third kappa shape index (κ3) is 4.79. The van der Waals surface area contributed by atoms with Gasteiger partial charge in [-0.3, -0.25) is 9.59 Å². The first-order chi connectivity index (χ1) is 8.17. The quantitative estimate of drug-likeness (QED) is 0.586. The molecule has 0 aliphatic carbocycles. The van der Waals surface area contributed by atoms with E-state index in [1.165, 1.54) is 23.8 Å². The summed E-state index contributed by atoms with van der Waals surface area (Å²) in [5, 5.41) is 1.97. The zero-order valence-electron chi connectivity index (χ0n) is 9.84. The lowest BCUT2D eigenvalue weighted by Crippen LogP contribution is -2.37. The summed E-state index contributed by atoms with van der Waals surface area (Å²) in [4.78, 5) is 24.4. The van der Waals surface area contributed by atoms with Gasteiger partial charge >= 0.3 is 5.97 Å². The van der Waals surface area contributed by atoms with Crippen LogP contribution in [0.1, 0.15) is 6.92 Å². The second-order valence-corrected chi connectivity index (χ2v) is 5.43. The van der Waals surface area contributed by atoms with E-state index >= 15 is 0 Å². The van der Waals surface area contributed by atoms with E-state index in [-0.39, 0.29) is 18.4 Å². The molecule has 1 rings (SSSR count). The van der Waals surface area contributed by atoms with Crippen molar-refractivity contribution in [1.82, 2.24) is 4.90 Å². The molecule has 1 aromatic heterocycles. The Balaban J connectivity index is 2.41. The van der Waals surface area contributed by atoms with Gasteiger partial charge in [-0.15, -0.1) is 23.1 Å². The molecule has 0 aliphatic heterocycles. The summed E-state index contributed by atoms with van der Waals surface area (Å²) in [6.45, 7) is 2.38. The second-order valence-electron chi connectivity index (χ2n) is 3.20. The minimum atomic E-state index is -0.388. The molecule has 17 heavy (non-hydrogen) atoms. The van der Waals surface area contributed by atoms with E-state index < -0.39 is 0 Å². The van der Waals surface area contributed by atoms with Crippen LogP contribution in [0.15, 0.2) is 21.7 Å². The summed E-state index contributed by atoms with van der Waals surface area (Å²) in [5.41, 5.74) is 0. The number of carbonyl (C=O) groups is 2. The molecular weight excluding hydrogens is 258 g/mol. The van der Waals surface area contributed by atoms with E-state index in [2.05, 4.69) is 4.74 Å². The molecule has 0 saturated heterocycles. The van der Waals surface area contributed by atoms with Crippen molar-refractivity contribution >= 4 is 35.0 Å². The molecule has 94 valence electrons. The predicted molar refractivity (Wildman–Crippen MR) is 69.3 cm³/mol. The maximum Gasteiger partial charge on any atom is 0.325 e. The number of nitrogens with zero attached hydrogens (tertiary/aromatic N) is 1. The molecule has 1 heterocycles. The molecule has 0 atom stereocenters. The van der Waals surface area contributed by atoms with Gasteiger partial charge in [0.15, 0.2) is 0 Å². The maximum absolute atomic E-state index is 11.8. The highest BCUT2D eigenvalue weighted by Crippen LogP contribution is 2.23. The summed E-state index contributed by atoms with van der Waals surface area (Å²) in [5.74, 6) is -0.0802. The lowest BCUT2D eigenvalue weighted by atomic mass is 10.4. The van der Waals surface area contributed by atoms with Crippen molar-refractivity contribution < 1.29 is 14.3 Å². The number of likely N-dealkylation sites (N-methyl/N-ethyl adjacent to an activating group) is 1. The molecule has 1 aromatic rings. The van der Waals surface area contributed by atoms with Crippen molar-refractivity contribution in [1.29, 1.82) is 0 Å². The minimum Gasteiger partial charge on any atom is -0.468 e. The number of ether oxygens (including phenoxy) is 1. The van der Waals surface area contributed by atoms with E-state index in [4.69, 9.17) is 0 Å². The Bertz CT molecular complexity index is 365. The van der Waals surface area contributed by atoms with Crippen molar-refractivity contribution in [2.24, 2.45) is 0 Å². The van der Waals surface area contributed by atoms with E-state index in [0.29, 0.717) is 12.3 Å². The number of thioether (sulfide) groups is 1. The van der Waals surface area contributed by atoms with Gasteiger partial charge in [-0.1, -0.05) is 6.07 Å².